The molecule has 4 rings (SSSR count). The van der Waals surface area contributed by atoms with Crippen molar-refractivity contribution in [2.45, 2.75) is 51.0 Å². The van der Waals surface area contributed by atoms with Crippen molar-refractivity contribution in [3.63, 3.8) is 0 Å². The van der Waals surface area contributed by atoms with Crippen LogP contribution in [0.5, 0.6) is 5.75 Å². The summed E-state index contributed by atoms with van der Waals surface area (Å²) in [5.74, 6) is 0.243. The maximum absolute atomic E-state index is 12.7. The number of nitrogens with zero attached hydrogens (tertiary/aromatic N) is 2. The number of aromatic nitrogens is 1. The van der Waals surface area contributed by atoms with Gasteiger partial charge in [-0.1, -0.05) is 6.08 Å². The number of hydrogen-bond donors (Lipinski definition) is 0. The van der Waals surface area contributed by atoms with Crippen molar-refractivity contribution >= 4 is 23.2 Å². The van der Waals surface area contributed by atoms with Crippen LogP contribution in [0.2, 0.25) is 0 Å². The molecule has 1 saturated carbocycles. The molecule has 0 atom stereocenters. The molecule has 2 aliphatic rings. The smallest absolute Gasteiger partial charge is 0.312 e. The zero-order chi connectivity index (χ0) is 20.9. The number of methoxy groups -OCH3 is 1. The first-order valence-electron chi connectivity index (χ1n) is 10.4. The topological polar surface area (TPSA) is 68.7 Å². The van der Waals surface area contributed by atoms with Crippen molar-refractivity contribution in [3.8, 4) is 16.3 Å². The number of benzene rings is 1. The highest BCUT2D eigenvalue weighted by Gasteiger charge is 2.35. The molecule has 0 bridgehead atoms. The van der Waals surface area contributed by atoms with Crippen LogP contribution >= 0.6 is 11.3 Å². The highest BCUT2D eigenvalue weighted by Crippen LogP contribution is 2.33. The number of ether oxygens (including phenoxy) is 2. The minimum absolute atomic E-state index is 0.0616. The molecule has 0 saturated heterocycles. The Morgan fingerprint density at radius 1 is 1.20 bits per heavy atom. The van der Waals surface area contributed by atoms with E-state index in [1.165, 1.54) is 17.8 Å². The second-order valence-corrected chi connectivity index (χ2v) is 8.50. The van der Waals surface area contributed by atoms with Crippen LogP contribution in [0.25, 0.3) is 10.6 Å². The average molecular weight is 427 g/mol. The molecule has 7 heteroatoms. The summed E-state index contributed by atoms with van der Waals surface area (Å²) in [5.41, 5.74) is 2.72. The molecule has 0 aliphatic heterocycles. The summed E-state index contributed by atoms with van der Waals surface area (Å²) in [6.07, 6.45) is 8.53. The number of carbonyl (C=O) groups excluding carboxylic acids is 2. The van der Waals surface area contributed by atoms with Crippen LogP contribution in [0.1, 0.15) is 44.2 Å². The first kappa shape index (κ1) is 20.6. The summed E-state index contributed by atoms with van der Waals surface area (Å²) >= 11 is 1.48. The van der Waals surface area contributed by atoms with Crippen LogP contribution in [0.15, 0.2) is 41.4 Å². The Hall–Kier alpha value is -2.67. The maximum Gasteiger partial charge on any atom is 0.312 e. The third kappa shape index (κ3) is 5.08. The summed E-state index contributed by atoms with van der Waals surface area (Å²) in [6, 6.07) is 7.91. The average Bonchev–Trinajstić information content (AvgIpc) is 3.50. The molecule has 0 N–H and O–H groups in total. The molecular weight excluding hydrogens is 400 g/mol. The lowest BCUT2D eigenvalue weighted by Crippen LogP contribution is -2.36. The second-order valence-electron chi connectivity index (χ2n) is 7.65. The molecule has 0 spiro atoms. The summed E-state index contributed by atoms with van der Waals surface area (Å²) in [5, 5.41) is 2.69. The first-order valence-corrected chi connectivity index (χ1v) is 11.3. The van der Waals surface area contributed by atoms with Crippen molar-refractivity contribution in [1.82, 2.24) is 9.88 Å². The van der Waals surface area contributed by atoms with Gasteiger partial charge in [0.05, 0.1) is 19.2 Å². The van der Waals surface area contributed by atoms with Gasteiger partial charge in [-0.25, -0.2) is 4.98 Å². The molecule has 2 aromatic rings. The lowest BCUT2D eigenvalue weighted by Gasteiger charge is -2.27. The van der Waals surface area contributed by atoms with Crippen molar-refractivity contribution < 1.29 is 19.1 Å². The molecule has 158 valence electrons. The lowest BCUT2D eigenvalue weighted by atomic mass is 10.0. The van der Waals surface area contributed by atoms with Gasteiger partial charge >= 0.3 is 5.97 Å². The van der Waals surface area contributed by atoms with Gasteiger partial charge in [-0.15, -0.1) is 11.3 Å². The van der Waals surface area contributed by atoms with Crippen LogP contribution in [-0.2, 0) is 20.7 Å². The van der Waals surface area contributed by atoms with Crippen LogP contribution < -0.4 is 4.74 Å². The van der Waals surface area contributed by atoms with E-state index in [0.717, 1.165) is 54.1 Å². The number of rotatable bonds is 8. The van der Waals surface area contributed by atoms with Gasteiger partial charge in [-0.3, -0.25) is 9.59 Å². The predicted molar refractivity (Wildman–Crippen MR) is 115 cm³/mol. The van der Waals surface area contributed by atoms with Crippen LogP contribution in [0.3, 0.4) is 0 Å². The Balaban J connectivity index is 1.30. The maximum atomic E-state index is 12.7. The number of esters is 1. The number of thiazole rings is 1. The summed E-state index contributed by atoms with van der Waals surface area (Å²) < 4.78 is 10.5. The van der Waals surface area contributed by atoms with E-state index in [4.69, 9.17) is 9.47 Å². The third-order valence-electron chi connectivity index (χ3n) is 5.33. The van der Waals surface area contributed by atoms with Crippen molar-refractivity contribution in [3.05, 3.63) is 47.1 Å². The van der Waals surface area contributed by atoms with Crippen molar-refractivity contribution in [2.75, 3.05) is 13.7 Å². The van der Waals surface area contributed by atoms with E-state index in [2.05, 4.69) is 11.1 Å². The largest absolute Gasteiger partial charge is 0.497 e. The van der Waals surface area contributed by atoms with Crippen LogP contribution in [0.4, 0.5) is 0 Å². The van der Waals surface area contributed by atoms with E-state index in [1.807, 2.05) is 34.5 Å². The molecular formula is C23H26N2O4S. The van der Waals surface area contributed by atoms with Gasteiger partial charge in [0.25, 0.3) is 5.91 Å². The highest BCUT2D eigenvalue weighted by molar-refractivity contribution is 7.13. The fourth-order valence-electron chi connectivity index (χ4n) is 3.64. The Morgan fingerprint density at radius 2 is 2.00 bits per heavy atom. The van der Waals surface area contributed by atoms with Crippen molar-refractivity contribution in [1.29, 1.82) is 0 Å². The third-order valence-corrected chi connectivity index (χ3v) is 6.27. The second kappa shape index (κ2) is 9.43. The van der Waals surface area contributed by atoms with Gasteiger partial charge in [0, 0.05) is 22.7 Å². The minimum atomic E-state index is -0.427. The number of hydrogen-bond acceptors (Lipinski definition) is 6. The lowest BCUT2D eigenvalue weighted by molar-refractivity contribution is -0.151. The van der Waals surface area contributed by atoms with E-state index in [9.17, 15) is 9.59 Å². The molecule has 0 radical (unpaired) electrons. The molecule has 1 heterocycles. The molecule has 1 aromatic heterocycles. The summed E-state index contributed by atoms with van der Waals surface area (Å²) in [6.45, 7) is -0.206. The van der Waals surface area contributed by atoms with E-state index in [1.54, 1.807) is 7.11 Å². The van der Waals surface area contributed by atoms with E-state index in [0.29, 0.717) is 5.69 Å². The van der Waals surface area contributed by atoms with E-state index in [-0.39, 0.29) is 25.0 Å². The number of amides is 1. The minimum Gasteiger partial charge on any atom is -0.497 e. The normalized spacial score (nSPS) is 16.0. The molecule has 0 unspecified atom stereocenters. The van der Waals surface area contributed by atoms with E-state index >= 15 is 0 Å². The van der Waals surface area contributed by atoms with Gasteiger partial charge in [-0.05, 0) is 62.8 Å². The van der Waals surface area contributed by atoms with Gasteiger partial charge < -0.3 is 14.4 Å². The zero-order valence-corrected chi connectivity index (χ0v) is 18.0. The quantitative estimate of drug-likeness (QED) is 0.587. The fourth-order valence-corrected chi connectivity index (χ4v) is 4.46. The fraction of sp³-hybridized carbons (Fsp3) is 0.435. The molecule has 1 amide bonds. The molecule has 1 fully saturated rings. The molecule has 1 aromatic carbocycles. The van der Waals surface area contributed by atoms with Gasteiger partial charge in [0.1, 0.15) is 10.8 Å². The summed E-state index contributed by atoms with van der Waals surface area (Å²) in [4.78, 5) is 31.4. The Kier molecular flexibility index (Phi) is 6.47. The number of allylic oxidation sites excluding steroid dienone is 2. The summed E-state index contributed by atoms with van der Waals surface area (Å²) in [7, 11) is 1.63. The monoisotopic (exact) mass is 426 g/mol. The Bertz CT molecular complexity index is 931. The van der Waals surface area contributed by atoms with Gasteiger partial charge in [0.2, 0.25) is 0 Å². The SMILES string of the molecule is COc1ccc(-c2nc(CC(=O)OCC(=O)N(C3=CCCCC3)C3CC3)cs2)cc1. The Morgan fingerprint density at radius 3 is 2.67 bits per heavy atom. The van der Waals surface area contributed by atoms with Crippen LogP contribution in [0, 0.1) is 0 Å². The zero-order valence-electron chi connectivity index (χ0n) is 17.1. The molecule has 30 heavy (non-hydrogen) atoms. The first-order chi connectivity index (χ1) is 14.6. The highest BCUT2D eigenvalue weighted by atomic mass is 32.1. The standard InChI is InChI=1S/C23H26N2O4S/c1-28-20-11-7-16(8-12-20)23-24-17(15-30-23)13-22(27)29-14-21(26)25(19-9-10-19)18-5-3-2-4-6-18/h5,7-8,11-12,15,19H,2-4,6,9-10,13-14H2,1H3. The Labute approximate surface area is 180 Å². The van der Waals surface area contributed by atoms with Crippen LogP contribution in [-0.4, -0.2) is 41.5 Å². The predicted octanol–water partition coefficient (Wildman–Crippen LogP) is 4.35. The van der Waals surface area contributed by atoms with Crippen molar-refractivity contribution in [2.24, 2.45) is 0 Å². The number of carbonyl (C=O) groups is 2. The molecule has 2 aliphatic carbocycles. The van der Waals surface area contributed by atoms with E-state index < -0.39 is 5.97 Å². The van der Waals surface area contributed by atoms with Gasteiger partial charge in [0.15, 0.2) is 6.61 Å². The van der Waals surface area contributed by atoms with Gasteiger partial charge in [-0.2, -0.15) is 0 Å². The molecule has 6 nitrogen and oxygen atoms in total.